The third kappa shape index (κ3) is 4.24. The Labute approximate surface area is 144 Å². The first-order valence-electron chi connectivity index (χ1n) is 7.97. The Bertz CT molecular complexity index is 633. The van der Waals surface area contributed by atoms with E-state index in [2.05, 4.69) is 32.2 Å². The van der Waals surface area contributed by atoms with Crippen molar-refractivity contribution in [2.24, 2.45) is 5.92 Å². The van der Waals surface area contributed by atoms with E-state index in [1.54, 1.807) is 6.07 Å². The number of hydrogen-bond donors (Lipinski definition) is 2. The number of nitrogens with one attached hydrogen (secondary N) is 1. The topological polar surface area (TPSA) is 76.4 Å². The number of aliphatic carboxylic acids is 1. The lowest BCUT2D eigenvalue weighted by Gasteiger charge is -2.43. The quantitative estimate of drug-likeness (QED) is 0.763. The second kappa shape index (κ2) is 6.90. The first kappa shape index (κ1) is 16.3. The van der Waals surface area contributed by atoms with E-state index in [0.717, 1.165) is 29.5 Å². The van der Waals surface area contributed by atoms with Crippen LogP contribution < -0.4 is 5.32 Å². The number of carboxylic acid groups (broad SMARTS) is 1. The molecule has 0 spiro atoms. The number of halogens is 1. The van der Waals surface area contributed by atoms with E-state index in [1.807, 2.05) is 12.1 Å². The van der Waals surface area contributed by atoms with Gasteiger partial charge in [-0.2, -0.15) is 5.26 Å². The van der Waals surface area contributed by atoms with Crippen molar-refractivity contribution in [1.82, 2.24) is 4.90 Å². The van der Waals surface area contributed by atoms with Gasteiger partial charge in [0.05, 0.1) is 18.2 Å². The molecule has 5 nitrogen and oxygen atoms in total. The van der Waals surface area contributed by atoms with Crippen LogP contribution in [0.1, 0.15) is 31.2 Å². The Kier molecular flexibility index (Phi) is 4.88. The predicted molar refractivity (Wildman–Crippen MR) is 91.2 cm³/mol. The maximum atomic E-state index is 11.0. The number of hydrogen-bond acceptors (Lipinski definition) is 4. The summed E-state index contributed by atoms with van der Waals surface area (Å²) >= 11 is 3.49. The van der Waals surface area contributed by atoms with Crippen molar-refractivity contribution in [3.8, 4) is 6.07 Å². The molecule has 122 valence electrons. The summed E-state index contributed by atoms with van der Waals surface area (Å²) in [6.45, 7) is 1.07. The summed E-state index contributed by atoms with van der Waals surface area (Å²) in [4.78, 5) is 13.2. The van der Waals surface area contributed by atoms with Gasteiger partial charge in [-0.05, 0) is 65.7 Å². The molecule has 0 bridgehead atoms. The van der Waals surface area contributed by atoms with Crippen LogP contribution in [0.15, 0.2) is 22.7 Å². The lowest BCUT2D eigenvalue weighted by atomic mass is 9.85. The first-order chi connectivity index (χ1) is 11.0. The number of benzene rings is 1. The fourth-order valence-corrected chi connectivity index (χ4v) is 3.57. The highest BCUT2D eigenvalue weighted by Crippen LogP contribution is 2.35. The van der Waals surface area contributed by atoms with E-state index in [4.69, 9.17) is 10.4 Å². The Morgan fingerprint density at radius 1 is 1.43 bits per heavy atom. The molecule has 0 radical (unpaired) electrons. The molecule has 0 aromatic heterocycles. The maximum Gasteiger partial charge on any atom is 0.317 e. The van der Waals surface area contributed by atoms with Gasteiger partial charge in [-0.15, -0.1) is 0 Å². The molecule has 2 fully saturated rings. The Hall–Kier alpha value is -1.58. The van der Waals surface area contributed by atoms with Gasteiger partial charge in [0.2, 0.25) is 0 Å². The molecule has 23 heavy (non-hydrogen) atoms. The minimum absolute atomic E-state index is 0.147. The third-order valence-electron chi connectivity index (χ3n) is 4.62. The molecule has 2 aliphatic rings. The molecule has 3 rings (SSSR count). The molecule has 0 saturated heterocycles. The zero-order valence-corrected chi connectivity index (χ0v) is 14.4. The second-order valence-corrected chi connectivity index (χ2v) is 7.39. The molecule has 6 heteroatoms. The van der Waals surface area contributed by atoms with Gasteiger partial charge < -0.3 is 10.4 Å². The van der Waals surface area contributed by atoms with Gasteiger partial charge >= 0.3 is 5.97 Å². The normalized spacial score (nSPS) is 23.2. The lowest BCUT2D eigenvalue weighted by Crippen LogP contribution is -2.52. The molecule has 0 atom stereocenters. The summed E-state index contributed by atoms with van der Waals surface area (Å²) in [6, 6.07) is 8.36. The molecule has 1 aromatic carbocycles. The van der Waals surface area contributed by atoms with Gasteiger partial charge in [-0.1, -0.05) is 0 Å². The van der Waals surface area contributed by atoms with Gasteiger partial charge in [0.1, 0.15) is 0 Å². The van der Waals surface area contributed by atoms with Crippen molar-refractivity contribution in [2.75, 3.05) is 18.4 Å². The molecule has 2 aliphatic carbocycles. The van der Waals surface area contributed by atoms with Gasteiger partial charge in [0.25, 0.3) is 0 Å². The SMILES string of the molecule is N#Cc1ccc(NC2CC(N(CC(=O)O)CC3CC3)C2)c(Br)c1. The number of carboxylic acids is 1. The van der Waals surface area contributed by atoms with Gasteiger partial charge in [0, 0.05) is 28.8 Å². The summed E-state index contributed by atoms with van der Waals surface area (Å²) in [6.07, 6.45) is 4.41. The van der Waals surface area contributed by atoms with Gasteiger partial charge in [-0.3, -0.25) is 9.69 Å². The number of nitrogens with zero attached hydrogens (tertiary/aromatic N) is 2. The van der Waals surface area contributed by atoms with Crippen molar-refractivity contribution in [3.63, 3.8) is 0 Å². The molecule has 0 unspecified atom stereocenters. The van der Waals surface area contributed by atoms with Gasteiger partial charge in [0.15, 0.2) is 0 Å². The molecule has 2 saturated carbocycles. The maximum absolute atomic E-state index is 11.0. The van der Waals surface area contributed by atoms with Crippen LogP contribution in [0.3, 0.4) is 0 Å². The van der Waals surface area contributed by atoms with Crippen molar-refractivity contribution in [2.45, 2.75) is 37.8 Å². The van der Waals surface area contributed by atoms with Crippen LogP contribution in [0.5, 0.6) is 0 Å². The van der Waals surface area contributed by atoms with Crippen LogP contribution in [-0.4, -0.2) is 41.1 Å². The average Bonchev–Trinajstić information content (AvgIpc) is 3.26. The highest BCUT2D eigenvalue weighted by atomic mass is 79.9. The molecular formula is C17H20BrN3O2. The van der Waals surface area contributed by atoms with Crippen LogP contribution in [-0.2, 0) is 4.79 Å². The molecule has 0 amide bonds. The van der Waals surface area contributed by atoms with Crippen molar-refractivity contribution >= 4 is 27.6 Å². The van der Waals surface area contributed by atoms with Crippen molar-refractivity contribution < 1.29 is 9.90 Å². The minimum Gasteiger partial charge on any atom is -0.480 e. The average molecular weight is 378 g/mol. The summed E-state index contributed by atoms with van der Waals surface area (Å²) < 4.78 is 0.889. The summed E-state index contributed by atoms with van der Waals surface area (Å²) in [5.41, 5.74) is 1.62. The monoisotopic (exact) mass is 377 g/mol. The minimum atomic E-state index is -0.739. The molecular weight excluding hydrogens is 358 g/mol. The van der Waals surface area contributed by atoms with Crippen LogP contribution in [0.4, 0.5) is 5.69 Å². The summed E-state index contributed by atoms with van der Waals surface area (Å²) in [7, 11) is 0. The highest BCUT2D eigenvalue weighted by Gasteiger charge is 2.37. The Balaban J connectivity index is 1.53. The lowest BCUT2D eigenvalue weighted by molar-refractivity contribution is -0.139. The number of carbonyl (C=O) groups is 1. The smallest absolute Gasteiger partial charge is 0.317 e. The van der Waals surface area contributed by atoms with Gasteiger partial charge in [-0.25, -0.2) is 0 Å². The fourth-order valence-electron chi connectivity index (χ4n) is 3.07. The zero-order chi connectivity index (χ0) is 16.4. The highest BCUT2D eigenvalue weighted by molar-refractivity contribution is 9.10. The van der Waals surface area contributed by atoms with Crippen LogP contribution in [0.25, 0.3) is 0 Å². The van der Waals surface area contributed by atoms with E-state index >= 15 is 0 Å². The Morgan fingerprint density at radius 3 is 2.74 bits per heavy atom. The summed E-state index contributed by atoms with van der Waals surface area (Å²) in [5, 5.41) is 21.4. The molecule has 0 aliphatic heterocycles. The largest absolute Gasteiger partial charge is 0.480 e. The van der Waals surface area contributed by atoms with E-state index in [0.29, 0.717) is 23.6 Å². The standard InChI is InChI=1S/C17H20BrN3O2/c18-15-5-12(8-19)3-4-16(15)20-13-6-14(7-13)21(10-17(22)23)9-11-1-2-11/h3-5,11,13-14,20H,1-2,6-7,9-10H2,(H,22,23). The number of rotatable bonds is 7. The second-order valence-electron chi connectivity index (χ2n) is 6.54. The zero-order valence-electron chi connectivity index (χ0n) is 12.8. The predicted octanol–water partition coefficient (Wildman–Crippen LogP) is 3.06. The fraction of sp³-hybridized carbons (Fsp3) is 0.529. The van der Waals surface area contributed by atoms with Crippen molar-refractivity contribution in [3.05, 3.63) is 28.2 Å². The van der Waals surface area contributed by atoms with E-state index < -0.39 is 5.97 Å². The molecule has 0 heterocycles. The van der Waals surface area contributed by atoms with Crippen LogP contribution >= 0.6 is 15.9 Å². The van der Waals surface area contributed by atoms with E-state index in [1.165, 1.54) is 12.8 Å². The van der Waals surface area contributed by atoms with Crippen molar-refractivity contribution in [1.29, 1.82) is 5.26 Å². The molecule has 1 aromatic rings. The Morgan fingerprint density at radius 2 is 2.17 bits per heavy atom. The van der Waals surface area contributed by atoms with Crippen LogP contribution in [0.2, 0.25) is 0 Å². The van der Waals surface area contributed by atoms with E-state index in [-0.39, 0.29) is 6.54 Å². The number of nitriles is 1. The van der Waals surface area contributed by atoms with Crippen LogP contribution in [0, 0.1) is 17.2 Å². The van der Waals surface area contributed by atoms with E-state index in [9.17, 15) is 4.79 Å². The number of anilines is 1. The summed E-state index contributed by atoms with van der Waals surface area (Å²) in [5.74, 6) is -0.0362. The third-order valence-corrected chi connectivity index (χ3v) is 5.27. The molecule has 2 N–H and O–H groups in total. The first-order valence-corrected chi connectivity index (χ1v) is 8.76.